The summed E-state index contributed by atoms with van der Waals surface area (Å²) in [6.07, 6.45) is 3.58. The number of hydrogen-bond acceptors (Lipinski definition) is 8. The van der Waals surface area contributed by atoms with Crippen LogP contribution in [0.5, 0.6) is 0 Å². The van der Waals surface area contributed by atoms with Gasteiger partial charge >= 0.3 is 0 Å². The van der Waals surface area contributed by atoms with E-state index in [4.69, 9.17) is 21.2 Å². The number of aliphatic imine (C=N–C) groups is 1. The van der Waals surface area contributed by atoms with E-state index < -0.39 is 0 Å². The van der Waals surface area contributed by atoms with Gasteiger partial charge in [-0.15, -0.1) is 0 Å². The zero-order valence-corrected chi connectivity index (χ0v) is 16.7. The van der Waals surface area contributed by atoms with Crippen LogP contribution in [-0.2, 0) is 9.53 Å². The van der Waals surface area contributed by atoms with E-state index in [2.05, 4.69) is 21.9 Å². The van der Waals surface area contributed by atoms with Gasteiger partial charge in [-0.25, -0.2) is 4.99 Å². The molecular formula is C21H25N7O2. The summed E-state index contributed by atoms with van der Waals surface area (Å²) in [6, 6.07) is 7.46. The molecule has 4 rings (SSSR count). The molecule has 2 fully saturated rings. The summed E-state index contributed by atoms with van der Waals surface area (Å²) in [5.74, 6) is 1.11. The topological polar surface area (TPSA) is 132 Å². The van der Waals surface area contributed by atoms with E-state index in [0.717, 1.165) is 24.1 Å². The molecule has 0 radical (unpaired) electrons. The molecule has 2 aliphatic rings. The Bertz CT molecular complexity index is 978. The summed E-state index contributed by atoms with van der Waals surface area (Å²) in [5, 5.41) is 2.93. The Morgan fingerprint density at radius 3 is 2.53 bits per heavy atom. The van der Waals surface area contributed by atoms with Gasteiger partial charge in [-0.05, 0) is 31.1 Å². The van der Waals surface area contributed by atoms with Gasteiger partial charge in [0.25, 0.3) is 0 Å². The third-order valence-corrected chi connectivity index (χ3v) is 5.04. The average Bonchev–Trinajstić information content (AvgIpc) is 3.60. The Kier molecular flexibility index (Phi) is 5.62. The first kappa shape index (κ1) is 19.8. The average molecular weight is 407 g/mol. The minimum Gasteiger partial charge on any atom is -0.382 e. The van der Waals surface area contributed by atoms with Crippen LogP contribution in [-0.4, -0.2) is 47.9 Å². The van der Waals surface area contributed by atoms with Gasteiger partial charge in [-0.2, -0.15) is 9.97 Å². The molecule has 5 N–H and O–H groups in total. The molecule has 2 heterocycles. The maximum absolute atomic E-state index is 11.9. The monoisotopic (exact) mass is 407 g/mol. The standard InChI is InChI=1S/C21H25N7O2/c1-2-16(13-5-7-15(8-6-13)24-20(29)14-3-4-14)25-17-18(22)26-21(23)27-19(17)28-9-11-30-12-10-28/h2,5-8,14H,1,3-4,9-12H2,(H,24,29)(H4,22,23,26,27). The van der Waals surface area contributed by atoms with Crippen molar-refractivity contribution in [2.45, 2.75) is 12.8 Å². The molecule has 0 spiro atoms. The molecule has 0 unspecified atom stereocenters. The van der Waals surface area contributed by atoms with E-state index in [-0.39, 0.29) is 23.6 Å². The van der Waals surface area contributed by atoms with Crippen LogP contribution in [0.25, 0.3) is 0 Å². The van der Waals surface area contributed by atoms with Gasteiger partial charge in [-0.1, -0.05) is 18.7 Å². The first-order valence-corrected chi connectivity index (χ1v) is 9.93. The van der Waals surface area contributed by atoms with Crippen molar-refractivity contribution < 1.29 is 9.53 Å². The van der Waals surface area contributed by atoms with Gasteiger partial charge in [0.15, 0.2) is 11.6 Å². The number of nitrogen functional groups attached to an aromatic ring is 2. The molecule has 156 valence electrons. The molecule has 0 bridgehead atoms. The van der Waals surface area contributed by atoms with E-state index in [1.54, 1.807) is 6.08 Å². The number of morpholine rings is 1. The Labute approximate surface area is 174 Å². The highest BCUT2D eigenvalue weighted by atomic mass is 16.5. The Morgan fingerprint density at radius 1 is 1.20 bits per heavy atom. The molecule has 2 aromatic rings. The van der Waals surface area contributed by atoms with E-state index >= 15 is 0 Å². The van der Waals surface area contributed by atoms with Crippen molar-refractivity contribution in [2.24, 2.45) is 10.9 Å². The lowest BCUT2D eigenvalue weighted by atomic mass is 10.1. The summed E-state index contributed by atoms with van der Waals surface area (Å²) in [5.41, 5.74) is 14.6. The van der Waals surface area contributed by atoms with E-state index in [1.165, 1.54) is 0 Å². The fraction of sp³-hybridized carbons (Fsp3) is 0.333. The fourth-order valence-electron chi connectivity index (χ4n) is 3.24. The minimum atomic E-state index is 0.0716. The summed E-state index contributed by atoms with van der Waals surface area (Å²) < 4.78 is 5.42. The number of ether oxygens (including phenoxy) is 1. The molecule has 30 heavy (non-hydrogen) atoms. The van der Waals surface area contributed by atoms with Gasteiger partial charge in [0, 0.05) is 30.3 Å². The zero-order chi connectivity index (χ0) is 21.1. The third-order valence-electron chi connectivity index (χ3n) is 5.04. The SMILES string of the molecule is C=CC(=Nc1c(N)nc(N)nc1N1CCOCC1)c1ccc(NC(=O)C2CC2)cc1. The van der Waals surface area contributed by atoms with Crippen molar-refractivity contribution in [3.63, 3.8) is 0 Å². The Hall–Kier alpha value is -3.46. The van der Waals surface area contributed by atoms with E-state index in [9.17, 15) is 4.79 Å². The van der Waals surface area contributed by atoms with Gasteiger partial charge in [0.1, 0.15) is 5.69 Å². The number of aromatic nitrogens is 2. The number of nitrogens with one attached hydrogen (secondary N) is 1. The first-order chi connectivity index (χ1) is 14.5. The number of nitrogens with two attached hydrogens (primary N) is 2. The lowest BCUT2D eigenvalue weighted by molar-refractivity contribution is -0.117. The maximum Gasteiger partial charge on any atom is 0.227 e. The van der Waals surface area contributed by atoms with Crippen LogP contribution in [0.15, 0.2) is 41.9 Å². The van der Waals surface area contributed by atoms with Crippen molar-refractivity contribution in [2.75, 3.05) is 48.0 Å². The molecule has 1 amide bonds. The zero-order valence-electron chi connectivity index (χ0n) is 16.7. The fourth-order valence-corrected chi connectivity index (χ4v) is 3.24. The quantitative estimate of drug-likeness (QED) is 0.625. The molecule has 1 aromatic heterocycles. The van der Waals surface area contributed by atoms with Crippen LogP contribution in [0.3, 0.4) is 0 Å². The number of allylic oxidation sites excluding steroid dienone is 1. The van der Waals surface area contributed by atoms with Crippen molar-refractivity contribution >= 4 is 40.6 Å². The van der Waals surface area contributed by atoms with Gasteiger partial charge in [-0.3, -0.25) is 4.79 Å². The van der Waals surface area contributed by atoms with Crippen molar-refractivity contribution in [3.05, 3.63) is 42.5 Å². The number of rotatable bonds is 6. The highest BCUT2D eigenvalue weighted by Gasteiger charge is 2.29. The lowest BCUT2D eigenvalue weighted by Crippen LogP contribution is -2.37. The molecule has 9 heteroatoms. The third kappa shape index (κ3) is 4.41. The largest absolute Gasteiger partial charge is 0.382 e. The number of benzene rings is 1. The molecule has 1 aliphatic heterocycles. The van der Waals surface area contributed by atoms with Crippen LogP contribution in [0, 0.1) is 5.92 Å². The van der Waals surface area contributed by atoms with E-state index in [0.29, 0.717) is 43.5 Å². The second-order valence-corrected chi connectivity index (χ2v) is 7.28. The number of amides is 1. The first-order valence-electron chi connectivity index (χ1n) is 9.93. The van der Waals surface area contributed by atoms with Crippen LogP contribution in [0.1, 0.15) is 18.4 Å². The second-order valence-electron chi connectivity index (χ2n) is 7.28. The predicted molar refractivity (Wildman–Crippen MR) is 118 cm³/mol. The van der Waals surface area contributed by atoms with Crippen molar-refractivity contribution in [3.8, 4) is 0 Å². The molecule has 9 nitrogen and oxygen atoms in total. The normalized spacial score (nSPS) is 16.9. The lowest BCUT2D eigenvalue weighted by Gasteiger charge is -2.29. The highest BCUT2D eigenvalue weighted by molar-refractivity contribution is 6.10. The molecule has 1 saturated carbocycles. The number of anilines is 4. The highest BCUT2D eigenvalue weighted by Crippen LogP contribution is 2.34. The van der Waals surface area contributed by atoms with Crippen LogP contribution >= 0.6 is 0 Å². The summed E-state index contributed by atoms with van der Waals surface area (Å²) in [6.45, 7) is 6.40. The van der Waals surface area contributed by atoms with Crippen LogP contribution in [0.4, 0.5) is 29.0 Å². The minimum absolute atomic E-state index is 0.0716. The molecule has 1 aromatic carbocycles. The number of hydrogen-bond donors (Lipinski definition) is 3. The molecule has 1 saturated heterocycles. The van der Waals surface area contributed by atoms with Gasteiger partial charge in [0.05, 0.1) is 18.9 Å². The number of carbonyl (C=O) groups excluding carboxylic acids is 1. The van der Waals surface area contributed by atoms with Gasteiger partial charge < -0.3 is 26.4 Å². The van der Waals surface area contributed by atoms with E-state index in [1.807, 2.05) is 29.2 Å². The Morgan fingerprint density at radius 2 is 1.90 bits per heavy atom. The van der Waals surface area contributed by atoms with Crippen molar-refractivity contribution in [1.82, 2.24) is 9.97 Å². The number of nitrogens with zero attached hydrogens (tertiary/aromatic N) is 4. The summed E-state index contributed by atoms with van der Waals surface area (Å²) in [4.78, 5) is 27.1. The smallest absolute Gasteiger partial charge is 0.227 e. The molecule has 1 aliphatic carbocycles. The van der Waals surface area contributed by atoms with Crippen LogP contribution < -0.4 is 21.7 Å². The summed E-state index contributed by atoms with van der Waals surface area (Å²) >= 11 is 0. The Balaban J connectivity index is 1.63. The predicted octanol–water partition coefficient (Wildman–Crippen LogP) is 2.13. The molecular weight excluding hydrogens is 382 g/mol. The van der Waals surface area contributed by atoms with Gasteiger partial charge in [0.2, 0.25) is 11.9 Å². The second kappa shape index (κ2) is 8.50. The van der Waals surface area contributed by atoms with Crippen molar-refractivity contribution in [1.29, 1.82) is 0 Å². The number of carbonyl (C=O) groups is 1. The maximum atomic E-state index is 11.9. The summed E-state index contributed by atoms with van der Waals surface area (Å²) in [7, 11) is 0. The molecule has 0 atom stereocenters. The van der Waals surface area contributed by atoms with Crippen LogP contribution in [0.2, 0.25) is 0 Å².